The first-order valence-electron chi connectivity index (χ1n) is 11.0. The molecule has 16 nitrogen and oxygen atoms in total. The molecule has 0 radical (unpaired) electrons. The molecule has 4 N–H and O–H groups in total. The fourth-order valence-corrected chi connectivity index (χ4v) is 3.32. The lowest BCUT2D eigenvalue weighted by Crippen LogP contribution is -2.21. The van der Waals surface area contributed by atoms with Gasteiger partial charge in [0.05, 0.1) is 12.9 Å². The number of alkyl halides is 6. The van der Waals surface area contributed by atoms with E-state index in [1.165, 1.54) is 27.7 Å². The lowest BCUT2D eigenvalue weighted by molar-refractivity contribution is -0.192. The molecule has 0 aliphatic heterocycles. The van der Waals surface area contributed by atoms with E-state index in [-0.39, 0.29) is 54.9 Å². The number of aromatic amines is 1. The summed E-state index contributed by atoms with van der Waals surface area (Å²) in [6.45, 7) is -0.564. The molecular weight excluding hydrogens is 613 g/mol. The smallest absolute Gasteiger partial charge is 0.475 e. The highest BCUT2D eigenvalue weighted by atomic mass is 31.2. The quantitative estimate of drug-likeness (QED) is 0.0905. The van der Waals surface area contributed by atoms with Crippen molar-refractivity contribution >= 4 is 25.5 Å². The van der Waals surface area contributed by atoms with Crippen LogP contribution >= 0.6 is 7.82 Å². The number of aromatic nitrogens is 8. The first-order valence-corrected chi connectivity index (χ1v) is 12.5. The second kappa shape index (κ2) is 12.6. The van der Waals surface area contributed by atoms with Crippen LogP contribution in [-0.2, 0) is 36.3 Å². The van der Waals surface area contributed by atoms with E-state index in [0.29, 0.717) is 0 Å². The van der Waals surface area contributed by atoms with Crippen molar-refractivity contribution in [2.75, 3.05) is 6.61 Å². The molecule has 0 aliphatic carbocycles. The van der Waals surface area contributed by atoms with Crippen molar-refractivity contribution in [2.24, 2.45) is 0 Å². The summed E-state index contributed by atoms with van der Waals surface area (Å²) in [6, 6.07) is 1.59. The molecule has 228 valence electrons. The molecule has 0 amide bonds. The van der Waals surface area contributed by atoms with E-state index < -0.39 is 37.9 Å². The van der Waals surface area contributed by atoms with Crippen LogP contribution in [0.25, 0.3) is 28.7 Å². The zero-order chi connectivity index (χ0) is 31.3. The lowest BCUT2D eigenvalue weighted by atomic mass is 10.2. The van der Waals surface area contributed by atoms with Gasteiger partial charge in [-0.25, -0.2) is 29.3 Å². The number of hydrogen-bond acceptors (Lipinski definition) is 10. The number of H-pyrrole nitrogens is 1. The number of carbonyl (C=O) groups excluding carboxylic acids is 1. The molecule has 42 heavy (non-hydrogen) atoms. The monoisotopic (exact) mass is 630 g/mol. The fourth-order valence-electron chi connectivity index (χ4n) is 2.95. The van der Waals surface area contributed by atoms with Gasteiger partial charge >= 0.3 is 32.1 Å². The number of aliphatic carboxylic acids is 1. The minimum absolute atomic E-state index is 0.00255. The van der Waals surface area contributed by atoms with Crippen LogP contribution in [-0.4, -0.2) is 78.7 Å². The Morgan fingerprint density at radius 2 is 1.79 bits per heavy atom. The average Bonchev–Trinajstić information content (AvgIpc) is 3.62. The van der Waals surface area contributed by atoms with E-state index in [9.17, 15) is 35.7 Å². The molecule has 0 aliphatic rings. The normalized spacial score (nSPS) is 12.2. The number of ether oxygens (including phenoxy) is 1. The molecule has 0 saturated heterocycles. The molecule has 0 unspecified atom stereocenters. The zero-order valence-corrected chi connectivity index (χ0v) is 21.3. The van der Waals surface area contributed by atoms with Crippen LogP contribution in [0.2, 0.25) is 0 Å². The number of carboxylic acid groups (broad SMARTS) is 1. The maximum Gasteiger partial charge on any atom is 0.490 e. The predicted octanol–water partition coefficient (Wildman–Crippen LogP) is 2.42. The van der Waals surface area contributed by atoms with E-state index in [2.05, 4.69) is 29.6 Å². The van der Waals surface area contributed by atoms with Gasteiger partial charge < -0.3 is 24.2 Å². The maximum absolute atomic E-state index is 13.0. The molecule has 0 atom stereocenters. The van der Waals surface area contributed by atoms with Crippen molar-refractivity contribution in [1.29, 1.82) is 0 Å². The van der Waals surface area contributed by atoms with Gasteiger partial charge in [-0.1, -0.05) is 0 Å². The number of hydrogen-bond donors (Lipinski definition) is 4. The first kappa shape index (κ1) is 32.1. The molecule has 0 aromatic carbocycles. The summed E-state index contributed by atoms with van der Waals surface area (Å²) in [5, 5.41) is 12.6. The van der Waals surface area contributed by atoms with Crippen LogP contribution < -0.4 is 0 Å². The van der Waals surface area contributed by atoms with E-state index in [4.69, 9.17) is 24.4 Å². The van der Waals surface area contributed by atoms with Gasteiger partial charge in [-0.05, 0) is 12.5 Å². The van der Waals surface area contributed by atoms with Crippen LogP contribution in [0.1, 0.15) is 18.7 Å². The fraction of sp³-hybridized carbons (Fsp3) is 0.316. The van der Waals surface area contributed by atoms with Gasteiger partial charge in [0, 0.05) is 25.0 Å². The Morgan fingerprint density at radius 1 is 1.10 bits per heavy atom. The number of halogens is 6. The summed E-state index contributed by atoms with van der Waals surface area (Å²) in [6.07, 6.45) is -4.07. The SMILES string of the molecule is O=C(CCCOP(=O)(O)O)OCn1cnc(-c2c(-c3n[nH]c(C(F)(F)F)n3)nc3ncccn23)c1.O=C(O)C(F)(F)F. The summed E-state index contributed by atoms with van der Waals surface area (Å²) >= 11 is 0. The van der Waals surface area contributed by atoms with Gasteiger partial charge in [-0.15, -0.1) is 0 Å². The number of phosphoric acid groups is 1. The van der Waals surface area contributed by atoms with Gasteiger partial charge in [-0.3, -0.25) is 18.8 Å². The van der Waals surface area contributed by atoms with E-state index in [1.54, 1.807) is 12.3 Å². The Hall–Kier alpha value is -4.40. The highest BCUT2D eigenvalue weighted by Crippen LogP contribution is 2.36. The predicted molar refractivity (Wildman–Crippen MR) is 122 cm³/mol. The molecule has 4 aromatic rings. The van der Waals surface area contributed by atoms with Gasteiger partial charge in [0.1, 0.15) is 17.1 Å². The summed E-state index contributed by atoms with van der Waals surface area (Å²) in [7, 11) is -4.60. The highest BCUT2D eigenvalue weighted by molar-refractivity contribution is 7.46. The van der Waals surface area contributed by atoms with E-state index in [1.807, 2.05) is 5.10 Å². The molecule has 4 aromatic heterocycles. The van der Waals surface area contributed by atoms with Crippen molar-refractivity contribution in [1.82, 2.24) is 39.1 Å². The average molecular weight is 630 g/mol. The van der Waals surface area contributed by atoms with Crippen LogP contribution in [0, 0.1) is 0 Å². The number of rotatable bonds is 9. The molecule has 0 spiro atoms. The zero-order valence-electron chi connectivity index (χ0n) is 20.4. The molecule has 23 heteroatoms. The Bertz CT molecular complexity index is 1590. The minimum Gasteiger partial charge on any atom is -0.475 e. The Morgan fingerprint density at radius 3 is 2.38 bits per heavy atom. The lowest BCUT2D eigenvalue weighted by Gasteiger charge is -2.06. The molecular formula is C19H17F6N8O8P. The number of phosphoric ester groups is 1. The largest absolute Gasteiger partial charge is 0.490 e. The third-order valence-electron chi connectivity index (χ3n) is 4.65. The third kappa shape index (κ3) is 8.80. The third-order valence-corrected chi connectivity index (χ3v) is 5.17. The second-order valence-corrected chi connectivity index (χ2v) is 8.99. The number of carbonyl (C=O) groups is 2. The molecule has 4 rings (SSSR count). The van der Waals surface area contributed by atoms with Gasteiger partial charge in [0.15, 0.2) is 6.73 Å². The number of nitrogens with zero attached hydrogens (tertiary/aromatic N) is 7. The topological polar surface area (TPSA) is 220 Å². The summed E-state index contributed by atoms with van der Waals surface area (Å²) < 4.78 is 93.5. The second-order valence-electron chi connectivity index (χ2n) is 7.75. The maximum atomic E-state index is 13.0. The van der Waals surface area contributed by atoms with Crippen molar-refractivity contribution in [2.45, 2.75) is 31.9 Å². The number of fused-ring (bicyclic) bond motifs is 1. The number of esters is 1. The van der Waals surface area contributed by atoms with Crippen molar-refractivity contribution in [3.63, 3.8) is 0 Å². The Kier molecular flexibility index (Phi) is 9.66. The molecule has 0 saturated carbocycles. The van der Waals surface area contributed by atoms with Crippen LogP contribution in [0.5, 0.6) is 0 Å². The summed E-state index contributed by atoms with van der Waals surface area (Å²) in [5.74, 6) is -4.82. The Labute approximate surface area is 228 Å². The van der Waals surface area contributed by atoms with Crippen molar-refractivity contribution in [3.8, 4) is 22.9 Å². The van der Waals surface area contributed by atoms with Crippen LogP contribution in [0.3, 0.4) is 0 Å². The molecule has 4 heterocycles. The number of imidazole rings is 2. The van der Waals surface area contributed by atoms with Crippen LogP contribution in [0.4, 0.5) is 26.3 Å². The number of nitrogens with one attached hydrogen (secondary N) is 1. The Balaban J connectivity index is 0.000000616. The van der Waals surface area contributed by atoms with Gasteiger partial charge in [0.25, 0.3) is 0 Å². The summed E-state index contributed by atoms with van der Waals surface area (Å²) in [4.78, 5) is 54.0. The standard InChI is InChI=1S/C17H16F3N8O6P.C2HF3O2/c18-17(19,20)15-24-14(25-26-15)12-13(28-5-2-4-21-16(28)23-12)10-7-27(8-22-10)9-33-11(29)3-1-6-34-35(30,31)32;3-2(4,5)1(6)7/h2,4-5,7-8H,1,3,6,9H2,(H,24,25,26)(H2,30,31,32);(H,6,7). The minimum atomic E-state index is -5.08. The van der Waals surface area contributed by atoms with Crippen LogP contribution in [0.15, 0.2) is 31.0 Å². The van der Waals surface area contributed by atoms with Gasteiger partial charge in [-0.2, -0.15) is 31.4 Å². The number of carboxylic acids is 1. The van der Waals surface area contributed by atoms with E-state index >= 15 is 0 Å². The van der Waals surface area contributed by atoms with Crippen molar-refractivity contribution < 1.29 is 64.7 Å². The molecule has 0 bridgehead atoms. The summed E-state index contributed by atoms with van der Waals surface area (Å²) in [5.41, 5.74) is 0.535. The van der Waals surface area contributed by atoms with Crippen molar-refractivity contribution in [3.05, 3.63) is 36.8 Å². The van der Waals surface area contributed by atoms with Gasteiger partial charge in [0.2, 0.25) is 17.4 Å². The molecule has 0 fully saturated rings. The highest BCUT2D eigenvalue weighted by Gasteiger charge is 2.38. The van der Waals surface area contributed by atoms with E-state index in [0.717, 1.165) is 0 Å². The first-order chi connectivity index (χ1) is 19.5.